The van der Waals surface area contributed by atoms with Crippen LogP contribution in [0.2, 0.25) is 0 Å². The monoisotopic (exact) mass is 264 g/mol. The lowest BCUT2D eigenvalue weighted by molar-refractivity contribution is 0.636. The number of rotatable bonds is 4. The van der Waals surface area contributed by atoms with Crippen molar-refractivity contribution in [2.24, 2.45) is 12.2 Å². The molecule has 1 aromatic carbocycles. The standard InChI is InChI=1S/C14H20N2OS/c1-10(8-11(2)18(15)17)13-5-4-12-6-7-16(3)14(12)9-13/h4-7,9-11H,8,15H2,1-3H3/t10-,11?,18?/m1/s1. The quantitative estimate of drug-likeness (QED) is 0.906. The topological polar surface area (TPSA) is 48.0 Å². The van der Waals surface area contributed by atoms with Gasteiger partial charge in [-0.25, -0.2) is 4.21 Å². The first kappa shape index (κ1) is 13.3. The Hall–Kier alpha value is -1.13. The van der Waals surface area contributed by atoms with E-state index >= 15 is 0 Å². The molecule has 98 valence electrons. The van der Waals surface area contributed by atoms with Crippen LogP contribution in [0.3, 0.4) is 0 Å². The Labute approximate surface area is 111 Å². The van der Waals surface area contributed by atoms with Crippen LogP contribution < -0.4 is 5.14 Å². The van der Waals surface area contributed by atoms with Crippen LogP contribution >= 0.6 is 0 Å². The third kappa shape index (κ3) is 2.65. The van der Waals surface area contributed by atoms with Crippen molar-refractivity contribution in [3.63, 3.8) is 0 Å². The van der Waals surface area contributed by atoms with Gasteiger partial charge in [0.2, 0.25) is 0 Å². The molecule has 0 aliphatic heterocycles. The van der Waals surface area contributed by atoms with Crippen LogP contribution in [0.25, 0.3) is 10.9 Å². The Kier molecular flexibility index (Phi) is 3.88. The molecule has 2 N–H and O–H groups in total. The fraction of sp³-hybridized carbons (Fsp3) is 0.429. The summed E-state index contributed by atoms with van der Waals surface area (Å²) in [6.45, 7) is 4.10. The van der Waals surface area contributed by atoms with E-state index in [9.17, 15) is 4.21 Å². The van der Waals surface area contributed by atoms with Crippen molar-refractivity contribution in [3.05, 3.63) is 36.0 Å². The molecule has 4 heteroatoms. The molecule has 0 spiro atoms. The van der Waals surface area contributed by atoms with E-state index in [4.69, 9.17) is 5.14 Å². The zero-order valence-electron chi connectivity index (χ0n) is 11.1. The summed E-state index contributed by atoms with van der Waals surface area (Å²) in [5.41, 5.74) is 2.52. The van der Waals surface area contributed by atoms with Gasteiger partial charge in [-0.15, -0.1) is 0 Å². The molecule has 1 heterocycles. The second-order valence-electron chi connectivity index (χ2n) is 5.02. The summed E-state index contributed by atoms with van der Waals surface area (Å²) in [7, 11) is 0.816. The predicted octanol–water partition coefficient (Wildman–Crippen LogP) is 2.68. The number of hydrogen-bond acceptors (Lipinski definition) is 1. The minimum Gasteiger partial charge on any atom is -0.351 e. The summed E-state index contributed by atoms with van der Waals surface area (Å²) in [5, 5.41) is 6.71. The highest BCUT2D eigenvalue weighted by Crippen LogP contribution is 2.25. The molecular formula is C14H20N2OS. The zero-order valence-corrected chi connectivity index (χ0v) is 11.9. The molecule has 0 aliphatic carbocycles. The molecule has 2 aromatic rings. The fourth-order valence-electron chi connectivity index (χ4n) is 2.31. The number of hydrogen-bond donors (Lipinski definition) is 1. The molecule has 0 fully saturated rings. The van der Waals surface area contributed by atoms with Crippen LogP contribution in [0.4, 0.5) is 0 Å². The number of nitrogens with two attached hydrogens (primary N) is 1. The minimum absolute atomic E-state index is 0.0316. The molecule has 2 unspecified atom stereocenters. The number of benzene rings is 1. The first-order valence-electron chi connectivity index (χ1n) is 6.19. The van der Waals surface area contributed by atoms with E-state index in [1.165, 1.54) is 16.5 Å². The van der Waals surface area contributed by atoms with Gasteiger partial charge in [0, 0.05) is 24.0 Å². The molecule has 2 rings (SSSR count). The second kappa shape index (κ2) is 5.24. The van der Waals surface area contributed by atoms with E-state index in [-0.39, 0.29) is 5.25 Å². The van der Waals surface area contributed by atoms with Crippen molar-refractivity contribution < 1.29 is 4.21 Å². The van der Waals surface area contributed by atoms with Crippen LogP contribution in [-0.4, -0.2) is 14.0 Å². The van der Waals surface area contributed by atoms with Crippen LogP contribution in [0, 0.1) is 0 Å². The van der Waals surface area contributed by atoms with Gasteiger partial charge in [-0.3, -0.25) is 5.14 Å². The maximum absolute atomic E-state index is 11.2. The number of nitrogens with zero attached hydrogens (tertiary/aromatic N) is 1. The van der Waals surface area contributed by atoms with Gasteiger partial charge in [-0.2, -0.15) is 0 Å². The summed E-state index contributed by atoms with van der Waals surface area (Å²) in [5.74, 6) is 0.367. The summed E-state index contributed by atoms with van der Waals surface area (Å²) < 4.78 is 13.3. The summed E-state index contributed by atoms with van der Waals surface area (Å²) in [4.78, 5) is 0. The van der Waals surface area contributed by atoms with E-state index in [0.29, 0.717) is 5.92 Å². The number of aromatic nitrogens is 1. The van der Waals surface area contributed by atoms with Crippen LogP contribution in [-0.2, 0) is 18.0 Å². The molecular weight excluding hydrogens is 244 g/mol. The van der Waals surface area contributed by atoms with Gasteiger partial charge in [-0.05, 0) is 42.3 Å². The van der Waals surface area contributed by atoms with Gasteiger partial charge in [-0.1, -0.05) is 19.1 Å². The lowest BCUT2D eigenvalue weighted by Crippen LogP contribution is -2.20. The third-order valence-electron chi connectivity index (χ3n) is 3.56. The molecule has 18 heavy (non-hydrogen) atoms. The van der Waals surface area contributed by atoms with Gasteiger partial charge in [0.25, 0.3) is 0 Å². The molecule has 0 amide bonds. The largest absolute Gasteiger partial charge is 0.351 e. The Morgan fingerprint density at radius 2 is 2.06 bits per heavy atom. The molecule has 0 saturated heterocycles. The summed E-state index contributed by atoms with van der Waals surface area (Å²) in [6, 6.07) is 8.62. The smallest absolute Gasteiger partial charge is 0.0917 e. The average molecular weight is 264 g/mol. The van der Waals surface area contributed by atoms with Gasteiger partial charge in [0.15, 0.2) is 0 Å². The highest BCUT2D eigenvalue weighted by molar-refractivity contribution is 7.83. The number of fused-ring (bicyclic) bond motifs is 1. The molecule has 3 atom stereocenters. The molecule has 0 bridgehead atoms. The Morgan fingerprint density at radius 3 is 2.72 bits per heavy atom. The van der Waals surface area contributed by atoms with Crippen molar-refractivity contribution in [3.8, 4) is 0 Å². The van der Waals surface area contributed by atoms with E-state index in [0.717, 1.165) is 6.42 Å². The zero-order chi connectivity index (χ0) is 13.3. The van der Waals surface area contributed by atoms with E-state index in [1.54, 1.807) is 0 Å². The Bertz CT molecular complexity index is 576. The third-order valence-corrected chi connectivity index (χ3v) is 4.55. The van der Waals surface area contributed by atoms with Gasteiger partial charge >= 0.3 is 0 Å². The van der Waals surface area contributed by atoms with Gasteiger partial charge in [0.05, 0.1) is 11.0 Å². The SMILES string of the molecule is CC(C[C@@H](C)c1ccc2ccn(C)c2c1)S(N)=O. The minimum atomic E-state index is -1.23. The molecule has 0 radical (unpaired) electrons. The first-order valence-corrected chi connectivity index (χ1v) is 7.46. The lowest BCUT2D eigenvalue weighted by atomic mass is 9.95. The molecule has 0 aliphatic rings. The predicted molar refractivity (Wildman–Crippen MR) is 77.7 cm³/mol. The normalized spacial score (nSPS) is 16.7. The van der Waals surface area contributed by atoms with Crippen LogP contribution in [0.1, 0.15) is 31.7 Å². The van der Waals surface area contributed by atoms with Crippen molar-refractivity contribution in [1.82, 2.24) is 4.57 Å². The van der Waals surface area contributed by atoms with E-state index in [2.05, 4.69) is 42.0 Å². The Morgan fingerprint density at radius 1 is 1.33 bits per heavy atom. The number of aryl methyl sites for hydroxylation is 1. The van der Waals surface area contributed by atoms with Gasteiger partial charge < -0.3 is 4.57 Å². The summed E-state index contributed by atoms with van der Waals surface area (Å²) >= 11 is 0. The van der Waals surface area contributed by atoms with Crippen molar-refractivity contribution in [1.29, 1.82) is 0 Å². The highest BCUT2D eigenvalue weighted by Gasteiger charge is 2.14. The van der Waals surface area contributed by atoms with Crippen molar-refractivity contribution >= 4 is 21.9 Å². The van der Waals surface area contributed by atoms with E-state index in [1.807, 2.05) is 14.0 Å². The Balaban J connectivity index is 2.24. The lowest BCUT2D eigenvalue weighted by Gasteiger charge is -2.16. The van der Waals surface area contributed by atoms with Gasteiger partial charge in [0.1, 0.15) is 0 Å². The molecule has 1 aromatic heterocycles. The molecule has 0 saturated carbocycles. The fourth-order valence-corrected chi connectivity index (χ4v) is 2.79. The van der Waals surface area contributed by atoms with Crippen molar-refractivity contribution in [2.45, 2.75) is 31.4 Å². The highest BCUT2D eigenvalue weighted by atomic mass is 32.2. The van der Waals surface area contributed by atoms with Crippen LogP contribution in [0.5, 0.6) is 0 Å². The second-order valence-corrected chi connectivity index (χ2v) is 6.48. The van der Waals surface area contributed by atoms with E-state index < -0.39 is 11.0 Å². The summed E-state index contributed by atoms with van der Waals surface area (Å²) in [6.07, 6.45) is 2.91. The first-order chi connectivity index (χ1) is 8.49. The van der Waals surface area contributed by atoms with Crippen molar-refractivity contribution in [2.75, 3.05) is 0 Å². The maximum atomic E-state index is 11.2. The average Bonchev–Trinajstić information content (AvgIpc) is 2.70. The van der Waals surface area contributed by atoms with Crippen LogP contribution in [0.15, 0.2) is 30.5 Å². The maximum Gasteiger partial charge on any atom is 0.0917 e. The molecule has 3 nitrogen and oxygen atoms in total.